The van der Waals surface area contributed by atoms with Crippen molar-refractivity contribution in [2.75, 3.05) is 4.90 Å². The third-order valence-electron chi connectivity index (χ3n) is 10.5. The molecule has 0 unspecified atom stereocenters. The van der Waals surface area contributed by atoms with E-state index in [0.717, 1.165) is 56.2 Å². The van der Waals surface area contributed by atoms with E-state index >= 15 is 0 Å². The lowest BCUT2D eigenvalue weighted by molar-refractivity contribution is -0.122. The molecule has 1 N–H and O–H groups in total. The van der Waals surface area contributed by atoms with Crippen LogP contribution in [0.25, 0.3) is 22.7 Å². The van der Waals surface area contributed by atoms with Crippen molar-refractivity contribution in [1.82, 2.24) is 14.9 Å². The van der Waals surface area contributed by atoms with E-state index in [9.17, 15) is 14.4 Å². The zero-order valence-electron chi connectivity index (χ0n) is 24.5. The molecule has 4 aliphatic carbocycles. The van der Waals surface area contributed by atoms with Crippen LogP contribution in [0.1, 0.15) is 61.0 Å². The first-order valence-corrected chi connectivity index (χ1v) is 15.3. The lowest BCUT2D eigenvalue weighted by atomic mass is 9.48. The normalized spacial score (nSPS) is 27.4. The Morgan fingerprint density at radius 3 is 2.23 bits per heavy atom. The number of hydrogen-bond donors (Lipinski definition) is 1. The Hall–Kier alpha value is -4.52. The van der Waals surface area contributed by atoms with E-state index in [0.29, 0.717) is 5.69 Å². The summed E-state index contributed by atoms with van der Waals surface area (Å²) in [4.78, 5) is 45.2. The van der Waals surface area contributed by atoms with Gasteiger partial charge in [-0.05, 0) is 135 Å². The molecule has 7 heteroatoms. The fourth-order valence-corrected chi connectivity index (χ4v) is 9.01. The quantitative estimate of drug-likeness (QED) is 0.217. The van der Waals surface area contributed by atoms with Gasteiger partial charge in [-0.1, -0.05) is 18.2 Å². The number of urea groups is 1. The minimum atomic E-state index is -0.718. The summed E-state index contributed by atoms with van der Waals surface area (Å²) in [5, 5.41) is 3.42. The molecule has 4 aromatic rings. The predicted molar refractivity (Wildman–Crippen MR) is 166 cm³/mol. The molecular weight excluding hydrogens is 536 g/mol. The molecule has 0 spiro atoms. The first-order chi connectivity index (χ1) is 20.8. The average Bonchev–Trinajstić information content (AvgIpc) is 3.26. The second-order valence-electron chi connectivity index (χ2n) is 13.2. The number of benzene rings is 2. The van der Waals surface area contributed by atoms with Crippen LogP contribution in [-0.4, -0.2) is 27.4 Å². The van der Waals surface area contributed by atoms with Gasteiger partial charge in [0.05, 0.1) is 11.2 Å². The fraction of sp³-hybridized carbons (Fsp3) is 0.333. The number of anilines is 1. The number of aromatic nitrogens is 2. The van der Waals surface area contributed by atoms with Crippen LogP contribution >= 0.6 is 0 Å². The van der Waals surface area contributed by atoms with E-state index in [2.05, 4.69) is 33.1 Å². The molecule has 7 nitrogen and oxygen atoms in total. The maximum atomic E-state index is 13.7. The molecule has 2 aromatic carbocycles. The van der Waals surface area contributed by atoms with E-state index in [1.54, 1.807) is 12.3 Å². The first kappa shape index (κ1) is 26.1. The van der Waals surface area contributed by atoms with E-state index in [-0.39, 0.29) is 11.0 Å². The maximum Gasteiger partial charge on any atom is 0.335 e. The maximum absolute atomic E-state index is 13.7. The molecule has 43 heavy (non-hydrogen) atoms. The summed E-state index contributed by atoms with van der Waals surface area (Å²) in [6, 6.07) is 19.2. The van der Waals surface area contributed by atoms with Crippen molar-refractivity contribution in [3.05, 3.63) is 94.9 Å². The molecule has 216 valence electrons. The van der Waals surface area contributed by atoms with Crippen molar-refractivity contribution in [2.24, 2.45) is 17.8 Å². The molecule has 5 fully saturated rings. The Kier molecular flexibility index (Phi) is 5.77. The lowest BCUT2D eigenvalue weighted by Gasteiger charge is -2.57. The number of nitrogens with zero attached hydrogens (tertiary/aromatic N) is 3. The van der Waals surface area contributed by atoms with Gasteiger partial charge in [0.2, 0.25) is 0 Å². The highest BCUT2D eigenvalue weighted by molar-refractivity contribution is 6.39. The van der Waals surface area contributed by atoms with Gasteiger partial charge in [-0.25, -0.2) is 9.69 Å². The van der Waals surface area contributed by atoms with Crippen molar-refractivity contribution in [3.63, 3.8) is 0 Å². The van der Waals surface area contributed by atoms with E-state index in [1.807, 2.05) is 56.3 Å². The molecule has 5 aliphatic rings. The number of barbiturate groups is 1. The summed E-state index contributed by atoms with van der Waals surface area (Å²) in [6.07, 6.45) is 11.3. The summed E-state index contributed by atoms with van der Waals surface area (Å²) in [5.74, 6) is 1.20. The molecule has 4 bridgehead atoms. The van der Waals surface area contributed by atoms with Gasteiger partial charge in [0.1, 0.15) is 5.57 Å². The van der Waals surface area contributed by atoms with Crippen molar-refractivity contribution < 1.29 is 14.4 Å². The SMILES string of the molecule is Cc1cc(/C=C2\C(=O)NC(=O)N(c3ccc(C45CC6CC(CC(C6)C4)C5)cc3)C2=O)c(C)n1-c1ccc2ncccc2c1. The number of carbonyl (C=O) groups excluding carboxylic acids is 3. The fourth-order valence-electron chi connectivity index (χ4n) is 9.01. The van der Waals surface area contributed by atoms with E-state index in [1.165, 1.54) is 44.1 Å². The number of carbonyl (C=O) groups is 3. The van der Waals surface area contributed by atoms with Gasteiger partial charge < -0.3 is 4.57 Å². The van der Waals surface area contributed by atoms with Crippen LogP contribution in [0.5, 0.6) is 0 Å². The third kappa shape index (κ3) is 4.16. The number of pyridine rings is 1. The molecule has 4 amide bonds. The molecule has 1 aliphatic heterocycles. The van der Waals surface area contributed by atoms with Gasteiger partial charge in [0.15, 0.2) is 0 Å². The summed E-state index contributed by atoms with van der Waals surface area (Å²) in [6.45, 7) is 3.95. The summed E-state index contributed by atoms with van der Waals surface area (Å²) < 4.78 is 2.09. The first-order valence-electron chi connectivity index (χ1n) is 15.3. The van der Waals surface area contributed by atoms with Crippen molar-refractivity contribution >= 4 is 40.5 Å². The third-order valence-corrected chi connectivity index (χ3v) is 10.5. The van der Waals surface area contributed by atoms with Gasteiger partial charge in [-0.2, -0.15) is 0 Å². The van der Waals surface area contributed by atoms with E-state index in [4.69, 9.17) is 0 Å². The number of amides is 4. The highest BCUT2D eigenvalue weighted by Crippen LogP contribution is 2.60. The largest absolute Gasteiger partial charge is 0.335 e. The van der Waals surface area contributed by atoms with Crippen LogP contribution in [-0.2, 0) is 15.0 Å². The number of fused-ring (bicyclic) bond motifs is 1. The van der Waals surface area contributed by atoms with Crippen LogP contribution in [0.2, 0.25) is 0 Å². The minimum absolute atomic E-state index is 0.0623. The Bertz CT molecular complexity index is 1830. The van der Waals surface area contributed by atoms with Gasteiger partial charge in [-0.15, -0.1) is 0 Å². The second kappa shape index (κ2) is 9.49. The number of imide groups is 2. The Balaban J connectivity index is 1.10. The summed E-state index contributed by atoms with van der Waals surface area (Å²) in [7, 11) is 0. The lowest BCUT2D eigenvalue weighted by Crippen LogP contribution is -2.54. The minimum Gasteiger partial charge on any atom is -0.318 e. The van der Waals surface area contributed by atoms with Gasteiger partial charge in [0.25, 0.3) is 11.8 Å². The second-order valence-corrected chi connectivity index (χ2v) is 13.2. The van der Waals surface area contributed by atoms with Crippen LogP contribution in [0.15, 0.2) is 72.4 Å². The predicted octanol–water partition coefficient (Wildman–Crippen LogP) is 6.78. The molecular formula is C36H34N4O3. The highest BCUT2D eigenvalue weighted by atomic mass is 16.2. The topological polar surface area (TPSA) is 84.3 Å². The highest BCUT2D eigenvalue weighted by Gasteiger charge is 2.51. The van der Waals surface area contributed by atoms with E-state index < -0.39 is 17.8 Å². The molecule has 3 heterocycles. The average molecular weight is 571 g/mol. The molecule has 0 radical (unpaired) electrons. The monoisotopic (exact) mass is 570 g/mol. The molecule has 2 aromatic heterocycles. The van der Waals surface area contributed by atoms with Gasteiger partial charge in [0, 0.05) is 28.7 Å². The van der Waals surface area contributed by atoms with Gasteiger partial charge >= 0.3 is 6.03 Å². The molecule has 0 atom stereocenters. The molecule has 9 rings (SSSR count). The Labute approximate surface area is 250 Å². The number of aryl methyl sites for hydroxylation is 1. The van der Waals surface area contributed by atoms with Gasteiger partial charge in [-0.3, -0.25) is 19.9 Å². The number of nitrogens with one attached hydrogen (secondary N) is 1. The Morgan fingerprint density at radius 1 is 0.860 bits per heavy atom. The zero-order chi connectivity index (χ0) is 29.5. The van der Waals surface area contributed by atoms with Crippen molar-refractivity contribution in [3.8, 4) is 5.69 Å². The van der Waals surface area contributed by atoms with Crippen LogP contribution < -0.4 is 10.2 Å². The standard InChI is InChI=1S/C36H34N4O3/c1-21-12-27(22(2)39(21)30-9-10-32-26(16-30)4-3-11-37-32)17-31-33(41)38-35(43)40(34(31)42)29-7-5-28(6-8-29)36-18-23-13-24(19-36)15-25(14-23)20-36/h3-12,16-17,23-25H,13-15,18-20H2,1-2H3,(H,38,41,43)/b31-17+. The smallest absolute Gasteiger partial charge is 0.318 e. The van der Waals surface area contributed by atoms with Crippen LogP contribution in [0, 0.1) is 31.6 Å². The number of hydrogen-bond acceptors (Lipinski definition) is 4. The summed E-state index contributed by atoms with van der Waals surface area (Å²) in [5.41, 5.74) is 6.44. The molecule has 4 saturated carbocycles. The van der Waals surface area contributed by atoms with Crippen molar-refractivity contribution in [1.29, 1.82) is 0 Å². The molecule has 1 saturated heterocycles. The number of rotatable bonds is 4. The Morgan fingerprint density at radius 2 is 1.53 bits per heavy atom. The van der Waals surface area contributed by atoms with Crippen LogP contribution in [0.4, 0.5) is 10.5 Å². The van der Waals surface area contributed by atoms with Crippen molar-refractivity contribution in [2.45, 2.75) is 57.8 Å². The summed E-state index contributed by atoms with van der Waals surface area (Å²) >= 11 is 0. The zero-order valence-corrected chi connectivity index (χ0v) is 24.5. The van der Waals surface area contributed by atoms with Crippen LogP contribution in [0.3, 0.4) is 0 Å².